The van der Waals surface area contributed by atoms with Crippen molar-refractivity contribution in [2.45, 2.75) is 50.1 Å². The molecule has 0 spiro atoms. The second kappa shape index (κ2) is 11.3. The smallest absolute Gasteiger partial charge is 0.107 e. The van der Waals surface area contributed by atoms with E-state index in [1.807, 2.05) is 0 Å². The summed E-state index contributed by atoms with van der Waals surface area (Å²) in [5.41, 5.74) is 0. The molecule has 2 rings (SSSR count). The van der Waals surface area contributed by atoms with Crippen LogP contribution < -0.4 is 0 Å². The van der Waals surface area contributed by atoms with Crippen LogP contribution in [-0.2, 0) is 23.7 Å². The predicted octanol–water partition coefficient (Wildman–Crippen LogP) is 0.116. The van der Waals surface area contributed by atoms with E-state index in [1.165, 1.54) is 0 Å². The van der Waals surface area contributed by atoms with Crippen molar-refractivity contribution in [2.75, 3.05) is 52.9 Å². The van der Waals surface area contributed by atoms with Crippen LogP contribution in [0.25, 0.3) is 0 Å². The lowest BCUT2D eigenvalue weighted by Crippen LogP contribution is -2.39. The lowest BCUT2D eigenvalue weighted by Gasteiger charge is -2.30. The average Bonchev–Trinajstić information content (AvgIpc) is 2.61. The van der Waals surface area contributed by atoms with Crippen molar-refractivity contribution in [3.05, 3.63) is 0 Å². The van der Waals surface area contributed by atoms with Crippen LogP contribution in [0.2, 0.25) is 0 Å². The van der Waals surface area contributed by atoms with Crippen LogP contribution in [-0.4, -0.2) is 87.5 Å². The standard InChI is InChI=1S/C16H30O7/c17-11-15-13(3-1-5-20-15)22-9-7-19-8-10-23-14-4-2-6-21-16(14)12-18/h13-18H,1-12H2/t13-,14-,15-,16-/m1/s1. The first kappa shape index (κ1) is 19.1. The molecule has 0 amide bonds. The van der Waals surface area contributed by atoms with Gasteiger partial charge >= 0.3 is 0 Å². The fourth-order valence-electron chi connectivity index (χ4n) is 2.97. The van der Waals surface area contributed by atoms with Gasteiger partial charge in [-0.25, -0.2) is 0 Å². The first-order valence-electron chi connectivity index (χ1n) is 8.61. The van der Waals surface area contributed by atoms with Gasteiger partial charge in [-0.2, -0.15) is 0 Å². The molecular weight excluding hydrogens is 304 g/mol. The lowest BCUT2D eigenvalue weighted by atomic mass is 10.1. The van der Waals surface area contributed by atoms with Gasteiger partial charge in [0.25, 0.3) is 0 Å². The molecule has 0 unspecified atom stereocenters. The Morgan fingerprint density at radius 3 is 1.65 bits per heavy atom. The van der Waals surface area contributed by atoms with Crippen LogP contribution >= 0.6 is 0 Å². The Kier molecular flexibility index (Phi) is 9.36. The third kappa shape index (κ3) is 6.62. The molecule has 0 radical (unpaired) electrons. The molecule has 2 fully saturated rings. The highest BCUT2D eigenvalue weighted by Crippen LogP contribution is 2.17. The van der Waals surface area contributed by atoms with Crippen LogP contribution in [0.4, 0.5) is 0 Å². The summed E-state index contributed by atoms with van der Waals surface area (Å²) >= 11 is 0. The second-order valence-corrected chi connectivity index (χ2v) is 5.90. The summed E-state index contributed by atoms with van der Waals surface area (Å²) in [6, 6.07) is 0. The molecule has 2 aliphatic heterocycles. The predicted molar refractivity (Wildman–Crippen MR) is 82.4 cm³/mol. The van der Waals surface area contributed by atoms with E-state index in [1.54, 1.807) is 0 Å². The minimum Gasteiger partial charge on any atom is -0.394 e. The molecule has 2 aliphatic rings. The minimum absolute atomic E-state index is 0.00511. The summed E-state index contributed by atoms with van der Waals surface area (Å²) in [5, 5.41) is 18.4. The fourth-order valence-corrected chi connectivity index (χ4v) is 2.97. The summed E-state index contributed by atoms with van der Waals surface area (Å²) in [6.07, 6.45) is 3.24. The van der Waals surface area contributed by atoms with Crippen LogP contribution in [0.1, 0.15) is 25.7 Å². The number of hydrogen-bond acceptors (Lipinski definition) is 7. The van der Waals surface area contributed by atoms with E-state index in [0.29, 0.717) is 39.6 Å². The summed E-state index contributed by atoms with van der Waals surface area (Å²) < 4.78 is 27.8. The van der Waals surface area contributed by atoms with Gasteiger partial charge in [-0.15, -0.1) is 0 Å². The van der Waals surface area contributed by atoms with E-state index < -0.39 is 0 Å². The highest BCUT2D eigenvalue weighted by atomic mass is 16.6. The summed E-state index contributed by atoms with van der Waals surface area (Å²) in [4.78, 5) is 0. The largest absolute Gasteiger partial charge is 0.394 e. The van der Waals surface area contributed by atoms with Crippen LogP contribution in [0.15, 0.2) is 0 Å². The zero-order valence-electron chi connectivity index (χ0n) is 13.7. The van der Waals surface area contributed by atoms with Crippen LogP contribution in [0, 0.1) is 0 Å². The quantitative estimate of drug-likeness (QED) is 0.549. The maximum atomic E-state index is 9.22. The van der Waals surface area contributed by atoms with E-state index in [9.17, 15) is 10.2 Å². The van der Waals surface area contributed by atoms with Crippen molar-refractivity contribution in [1.82, 2.24) is 0 Å². The monoisotopic (exact) mass is 334 g/mol. The summed E-state index contributed by atoms with van der Waals surface area (Å²) in [7, 11) is 0. The Morgan fingerprint density at radius 1 is 0.739 bits per heavy atom. The van der Waals surface area contributed by atoms with E-state index in [4.69, 9.17) is 23.7 Å². The molecule has 0 bridgehead atoms. The Balaban J connectivity index is 1.47. The number of rotatable bonds is 10. The van der Waals surface area contributed by atoms with Crippen molar-refractivity contribution in [3.63, 3.8) is 0 Å². The van der Waals surface area contributed by atoms with Crippen molar-refractivity contribution in [2.24, 2.45) is 0 Å². The van der Waals surface area contributed by atoms with Gasteiger partial charge in [-0.3, -0.25) is 0 Å². The zero-order chi connectivity index (χ0) is 16.3. The number of ether oxygens (including phenoxy) is 5. The first-order chi connectivity index (χ1) is 11.3. The third-order valence-electron chi connectivity index (χ3n) is 4.24. The van der Waals surface area contributed by atoms with E-state index in [-0.39, 0.29) is 37.6 Å². The molecule has 136 valence electrons. The lowest BCUT2D eigenvalue weighted by molar-refractivity contribution is -0.137. The fraction of sp³-hybridized carbons (Fsp3) is 1.00. The van der Waals surface area contributed by atoms with Gasteiger partial charge in [0.15, 0.2) is 0 Å². The molecule has 0 aromatic rings. The number of hydrogen-bond donors (Lipinski definition) is 2. The summed E-state index contributed by atoms with van der Waals surface area (Å²) in [5.74, 6) is 0. The van der Waals surface area contributed by atoms with Gasteiger partial charge in [0.2, 0.25) is 0 Å². The van der Waals surface area contributed by atoms with E-state index >= 15 is 0 Å². The highest BCUT2D eigenvalue weighted by molar-refractivity contribution is 4.75. The maximum absolute atomic E-state index is 9.22. The highest BCUT2D eigenvalue weighted by Gasteiger charge is 2.26. The third-order valence-corrected chi connectivity index (χ3v) is 4.24. The normalized spacial score (nSPS) is 32.1. The van der Waals surface area contributed by atoms with Crippen LogP contribution in [0.3, 0.4) is 0 Å². The van der Waals surface area contributed by atoms with Gasteiger partial charge in [-0.1, -0.05) is 0 Å². The SMILES string of the molecule is OC[C@H]1OCCC[C@H]1OCCOCCO[C@@H]1CCCO[C@@H]1CO. The molecule has 0 aliphatic carbocycles. The minimum atomic E-state index is -0.214. The van der Waals surface area contributed by atoms with Crippen molar-refractivity contribution < 1.29 is 33.9 Å². The van der Waals surface area contributed by atoms with Gasteiger partial charge in [0.1, 0.15) is 12.2 Å². The molecule has 2 N–H and O–H groups in total. The van der Waals surface area contributed by atoms with Crippen molar-refractivity contribution in [1.29, 1.82) is 0 Å². The summed E-state index contributed by atoms with van der Waals surface area (Å²) in [6.45, 7) is 3.32. The van der Waals surface area contributed by atoms with Crippen molar-refractivity contribution >= 4 is 0 Å². The Labute approximate surface area is 137 Å². The van der Waals surface area contributed by atoms with E-state index in [0.717, 1.165) is 25.7 Å². The molecule has 23 heavy (non-hydrogen) atoms. The van der Waals surface area contributed by atoms with E-state index in [2.05, 4.69) is 0 Å². The number of aliphatic hydroxyl groups is 2. The van der Waals surface area contributed by atoms with Crippen LogP contribution in [0.5, 0.6) is 0 Å². The molecular formula is C16H30O7. The molecule has 7 heteroatoms. The Hall–Kier alpha value is -0.280. The van der Waals surface area contributed by atoms with Gasteiger partial charge in [-0.05, 0) is 25.7 Å². The topological polar surface area (TPSA) is 86.6 Å². The molecule has 7 nitrogen and oxygen atoms in total. The Morgan fingerprint density at radius 2 is 1.22 bits per heavy atom. The average molecular weight is 334 g/mol. The van der Waals surface area contributed by atoms with Crippen molar-refractivity contribution in [3.8, 4) is 0 Å². The second-order valence-electron chi connectivity index (χ2n) is 5.90. The molecule has 2 saturated heterocycles. The van der Waals surface area contributed by atoms with Gasteiger partial charge in [0, 0.05) is 13.2 Å². The molecule has 0 aromatic carbocycles. The van der Waals surface area contributed by atoms with Gasteiger partial charge < -0.3 is 33.9 Å². The zero-order valence-corrected chi connectivity index (χ0v) is 13.7. The Bertz CT molecular complexity index is 274. The number of aliphatic hydroxyl groups excluding tert-OH is 2. The molecule has 0 saturated carbocycles. The first-order valence-corrected chi connectivity index (χ1v) is 8.61. The van der Waals surface area contributed by atoms with Gasteiger partial charge in [0.05, 0.1) is 51.8 Å². The molecule has 2 heterocycles. The molecule has 4 atom stereocenters. The maximum Gasteiger partial charge on any atom is 0.107 e. The molecule has 0 aromatic heterocycles.